The highest BCUT2D eigenvalue weighted by Gasteiger charge is 2.14. The van der Waals surface area contributed by atoms with E-state index in [1.807, 2.05) is 20.0 Å². The second-order valence-corrected chi connectivity index (χ2v) is 5.79. The molecule has 2 aromatic rings. The number of hydrogen-bond donors (Lipinski definition) is 2. The quantitative estimate of drug-likeness (QED) is 0.898. The fourth-order valence-electron chi connectivity index (χ4n) is 1.72. The Morgan fingerprint density at radius 3 is 2.68 bits per heavy atom. The van der Waals surface area contributed by atoms with Crippen molar-refractivity contribution in [3.05, 3.63) is 27.5 Å². The van der Waals surface area contributed by atoms with E-state index in [9.17, 15) is 0 Å². The Morgan fingerprint density at radius 2 is 2.11 bits per heavy atom. The van der Waals surface area contributed by atoms with Gasteiger partial charge in [-0.1, -0.05) is 6.92 Å². The molecule has 0 aliphatic carbocycles. The summed E-state index contributed by atoms with van der Waals surface area (Å²) in [6.07, 6.45) is 2.65. The van der Waals surface area contributed by atoms with Gasteiger partial charge < -0.3 is 11.1 Å². The molecule has 0 aliphatic rings. The van der Waals surface area contributed by atoms with Gasteiger partial charge in [-0.15, -0.1) is 11.3 Å². The number of nitrogens with two attached hydrogens (primary N) is 1. The van der Waals surface area contributed by atoms with Gasteiger partial charge >= 0.3 is 0 Å². The Kier molecular flexibility index (Phi) is 3.99. The van der Waals surface area contributed by atoms with Crippen LogP contribution in [0.3, 0.4) is 0 Å². The first-order chi connectivity index (χ1) is 9.01. The summed E-state index contributed by atoms with van der Waals surface area (Å²) in [6.45, 7) is 8.07. The number of aryl methyl sites for hydroxylation is 2. The molecule has 0 spiro atoms. The minimum Gasteiger partial charge on any atom is -0.383 e. The van der Waals surface area contributed by atoms with E-state index < -0.39 is 0 Å². The lowest BCUT2D eigenvalue weighted by atomic mass is 10.2. The number of rotatable bonds is 4. The van der Waals surface area contributed by atoms with Crippen molar-refractivity contribution in [3.8, 4) is 0 Å². The van der Waals surface area contributed by atoms with E-state index in [-0.39, 0.29) is 6.04 Å². The topological polar surface area (TPSA) is 76.7 Å². The van der Waals surface area contributed by atoms with Crippen molar-refractivity contribution >= 4 is 23.0 Å². The first-order valence-electron chi connectivity index (χ1n) is 6.33. The molecule has 1 unspecified atom stereocenters. The molecule has 2 aromatic heterocycles. The molecular formula is C13H19N5S. The zero-order valence-electron chi connectivity index (χ0n) is 11.7. The summed E-state index contributed by atoms with van der Waals surface area (Å²) in [7, 11) is 0. The summed E-state index contributed by atoms with van der Waals surface area (Å²) in [5.74, 6) is 2.09. The van der Waals surface area contributed by atoms with Crippen LogP contribution >= 0.6 is 11.3 Å². The monoisotopic (exact) mass is 277 g/mol. The lowest BCUT2D eigenvalue weighted by molar-refractivity contribution is 0.843. The lowest BCUT2D eigenvalue weighted by Crippen LogP contribution is -2.12. The highest BCUT2D eigenvalue weighted by atomic mass is 32.1. The van der Waals surface area contributed by atoms with Gasteiger partial charge in [0, 0.05) is 23.1 Å². The van der Waals surface area contributed by atoms with Crippen molar-refractivity contribution in [2.24, 2.45) is 0 Å². The maximum absolute atomic E-state index is 5.91. The molecule has 2 rings (SSSR count). The van der Waals surface area contributed by atoms with Gasteiger partial charge in [0.15, 0.2) is 0 Å². The van der Waals surface area contributed by atoms with Gasteiger partial charge in [-0.3, -0.25) is 0 Å². The summed E-state index contributed by atoms with van der Waals surface area (Å²) < 4.78 is 0. The molecule has 0 radical (unpaired) electrons. The largest absolute Gasteiger partial charge is 0.383 e. The van der Waals surface area contributed by atoms with Crippen molar-refractivity contribution in [2.75, 3.05) is 11.1 Å². The first kappa shape index (κ1) is 13.7. The minimum absolute atomic E-state index is 0.108. The lowest BCUT2D eigenvalue weighted by Gasteiger charge is -2.15. The van der Waals surface area contributed by atoms with Crippen molar-refractivity contribution in [1.29, 1.82) is 0 Å². The number of thiazole rings is 1. The third kappa shape index (κ3) is 3.01. The van der Waals surface area contributed by atoms with E-state index in [1.165, 1.54) is 4.88 Å². The molecule has 5 nitrogen and oxygen atoms in total. The summed E-state index contributed by atoms with van der Waals surface area (Å²) >= 11 is 1.69. The molecule has 1 atom stereocenters. The molecule has 0 aromatic carbocycles. The van der Waals surface area contributed by atoms with E-state index in [4.69, 9.17) is 5.73 Å². The van der Waals surface area contributed by atoms with E-state index in [2.05, 4.69) is 34.1 Å². The Balaban J connectivity index is 2.25. The van der Waals surface area contributed by atoms with Crippen LogP contribution in [0, 0.1) is 13.8 Å². The fourth-order valence-corrected chi connectivity index (χ4v) is 2.50. The van der Waals surface area contributed by atoms with Gasteiger partial charge in [-0.2, -0.15) is 0 Å². The van der Waals surface area contributed by atoms with Gasteiger partial charge in [0.2, 0.25) is 0 Å². The Labute approximate surface area is 117 Å². The maximum Gasteiger partial charge on any atom is 0.135 e. The average Bonchev–Trinajstić information content (AvgIpc) is 2.81. The number of nitrogen functional groups attached to an aromatic ring is 1. The fraction of sp³-hybridized carbons (Fsp3) is 0.462. The predicted molar refractivity (Wildman–Crippen MR) is 79.4 cm³/mol. The standard InChI is InChI=1S/C13H19N5S/c1-5-10-17-11(14)8(3)12(18-10)16-9(4)13-15-6-7(2)19-13/h6,9H,5H2,1-4H3,(H3,14,16,17,18). The van der Waals surface area contributed by atoms with Crippen LogP contribution in [-0.4, -0.2) is 15.0 Å². The smallest absolute Gasteiger partial charge is 0.135 e. The van der Waals surface area contributed by atoms with Crippen molar-refractivity contribution in [2.45, 2.75) is 40.2 Å². The predicted octanol–water partition coefficient (Wildman–Crippen LogP) is 2.87. The normalized spacial score (nSPS) is 12.4. The molecule has 2 heterocycles. The van der Waals surface area contributed by atoms with Crippen LogP contribution in [0.15, 0.2) is 6.20 Å². The minimum atomic E-state index is 0.108. The molecule has 6 heteroatoms. The molecular weight excluding hydrogens is 258 g/mol. The number of nitrogens with one attached hydrogen (secondary N) is 1. The summed E-state index contributed by atoms with van der Waals surface area (Å²) in [5.41, 5.74) is 6.80. The highest BCUT2D eigenvalue weighted by molar-refractivity contribution is 7.11. The Morgan fingerprint density at radius 1 is 1.37 bits per heavy atom. The van der Waals surface area contributed by atoms with Crippen LogP contribution < -0.4 is 11.1 Å². The van der Waals surface area contributed by atoms with Gasteiger partial charge in [0.25, 0.3) is 0 Å². The van der Waals surface area contributed by atoms with Gasteiger partial charge in [-0.05, 0) is 20.8 Å². The summed E-state index contributed by atoms with van der Waals surface area (Å²) in [5, 5.41) is 4.42. The van der Waals surface area contributed by atoms with Crippen LogP contribution in [0.25, 0.3) is 0 Å². The van der Waals surface area contributed by atoms with Gasteiger partial charge in [-0.25, -0.2) is 15.0 Å². The van der Waals surface area contributed by atoms with Gasteiger partial charge in [0.1, 0.15) is 22.5 Å². The van der Waals surface area contributed by atoms with Crippen LogP contribution in [0.1, 0.15) is 41.2 Å². The highest BCUT2D eigenvalue weighted by Crippen LogP contribution is 2.25. The Hall–Kier alpha value is -1.69. The first-order valence-corrected chi connectivity index (χ1v) is 7.14. The zero-order chi connectivity index (χ0) is 14.0. The van der Waals surface area contributed by atoms with Crippen LogP contribution in [-0.2, 0) is 6.42 Å². The third-order valence-electron chi connectivity index (χ3n) is 2.91. The number of aromatic nitrogens is 3. The summed E-state index contributed by atoms with van der Waals surface area (Å²) in [4.78, 5) is 14.3. The Bertz CT molecular complexity index is 578. The van der Waals surface area contributed by atoms with Crippen molar-refractivity contribution in [1.82, 2.24) is 15.0 Å². The van der Waals surface area contributed by atoms with E-state index in [0.29, 0.717) is 5.82 Å². The molecule has 0 aliphatic heterocycles. The molecule has 19 heavy (non-hydrogen) atoms. The van der Waals surface area contributed by atoms with E-state index in [1.54, 1.807) is 11.3 Å². The van der Waals surface area contributed by atoms with Crippen LogP contribution in [0.4, 0.5) is 11.6 Å². The van der Waals surface area contributed by atoms with Crippen molar-refractivity contribution < 1.29 is 0 Å². The van der Waals surface area contributed by atoms with Crippen LogP contribution in [0.2, 0.25) is 0 Å². The van der Waals surface area contributed by atoms with Crippen molar-refractivity contribution in [3.63, 3.8) is 0 Å². The third-order valence-corrected chi connectivity index (χ3v) is 4.00. The SMILES string of the molecule is CCc1nc(N)c(C)c(NC(C)c2ncc(C)s2)n1. The average molecular weight is 277 g/mol. The van der Waals surface area contributed by atoms with Crippen LogP contribution in [0.5, 0.6) is 0 Å². The maximum atomic E-state index is 5.91. The molecule has 3 N–H and O–H groups in total. The molecule has 0 saturated carbocycles. The number of hydrogen-bond acceptors (Lipinski definition) is 6. The molecule has 0 saturated heterocycles. The number of anilines is 2. The van der Waals surface area contributed by atoms with E-state index >= 15 is 0 Å². The second kappa shape index (κ2) is 5.52. The molecule has 102 valence electrons. The number of nitrogens with zero attached hydrogens (tertiary/aromatic N) is 3. The second-order valence-electron chi connectivity index (χ2n) is 4.53. The molecule has 0 amide bonds. The van der Waals surface area contributed by atoms with E-state index in [0.717, 1.165) is 28.6 Å². The molecule has 0 bridgehead atoms. The zero-order valence-corrected chi connectivity index (χ0v) is 12.5. The summed E-state index contributed by atoms with van der Waals surface area (Å²) in [6, 6.07) is 0.108. The molecule has 0 fully saturated rings. The van der Waals surface area contributed by atoms with Gasteiger partial charge in [0.05, 0.1) is 6.04 Å².